The Hall–Kier alpha value is -3.52. The molecule has 0 unspecified atom stereocenters. The van der Waals surface area contributed by atoms with Crippen molar-refractivity contribution in [3.05, 3.63) is 98.3 Å². The van der Waals surface area contributed by atoms with Crippen LogP contribution in [0.15, 0.2) is 75.0 Å². The van der Waals surface area contributed by atoms with Crippen LogP contribution in [0.4, 0.5) is 4.39 Å². The lowest BCUT2D eigenvalue weighted by molar-refractivity contribution is 0.269. The number of hydrogen-bond acceptors (Lipinski definition) is 5. The highest BCUT2D eigenvalue weighted by atomic mass is 79.9. The van der Waals surface area contributed by atoms with Gasteiger partial charge in [0.05, 0.1) is 23.7 Å². The van der Waals surface area contributed by atoms with Gasteiger partial charge in [-0.15, -0.1) is 0 Å². The van der Waals surface area contributed by atoms with E-state index < -0.39 is 0 Å². The standard InChI is InChI=1S/C27H25BrFN3O3/c1-3-6-26-31-23-11-10-20(28)15-22(23)27(33)32(26)30-16-18-9-12-24(25(14-18)34-4-2)35-17-19-7-5-8-21(29)13-19/h5,7-16H,3-4,6,17H2,1-2H3. The summed E-state index contributed by atoms with van der Waals surface area (Å²) in [5.74, 6) is 1.36. The van der Waals surface area contributed by atoms with Crippen LogP contribution in [0.3, 0.4) is 0 Å². The van der Waals surface area contributed by atoms with E-state index in [0.29, 0.717) is 41.3 Å². The first kappa shape index (κ1) is 24.6. The van der Waals surface area contributed by atoms with Crippen molar-refractivity contribution in [2.45, 2.75) is 33.3 Å². The van der Waals surface area contributed by atoms with Crippen molar-refractivity contribution < 1.29 is 13.9 Å². The maximum Gasteiger partial charge on any atom is 0.282 e. The molecule has 6 nitrogen and oxygen atoms in total. The first-order valence-electron chi connectivity index (χ1n) is 11.4. The summed E-state index contributed by atoms with van der Waals surface area (Å²) >= 11 is 3.42. The molecule has 180 valence electrons. The van der Waals surface area contributed by atoms with Crippen molar-refractivity contribution >= 4 is 33.0 Å². The van der Waals surface area contributed by atoms with E-state index in [-0.39, 0.29) is 18.0 Å². The number of rotatable bonds is 9. The van der Waals surface area contributed by atoms with Crippen molar-refractivity contribution in [2.75, 3.05) is 6.61 Å². The SMILES string of the molecule is CCCc1nc2ccc(Br)cc2c(=O)n1N=Cc1ccc(OCc2cccc(F)c2)c(OCC)c1. The fraction of sp³-hybridized carbons (Fsp3) is 0.222. The van der Waals surface area contributed by atoms with Crippen LogP contribution >= 0.6 is 15.9 Å². The number of aromatic nitrogens is 2. The third-order valence-corrected chi connectivity index (χ3v) is 5.72. The molecule has 0 saturated heterocycles. The van der Waals surface area contributed by atoms with E-state index in [9.17, 15) is 9.18 Å². The molecule has 0 amide bonds. The molecule has 0 fully saturated rings. The Labute approximate surface area is 211 Å². The maximum absolute atomic E-state index is 13.5. The van der Waals surface area contributed by atoms with Gasteiger partial charge in [-0.1, -0.05) is 35.0 Å². The molecule has 35 heavy (non-hydrogen) atoms. The average molecular weight is 538 g/mol. The van der Waals surface area contributed by atoms with Crippen LogP contribution in [-0.2, 0) is 13.0 Å². The highest BCUT2D eigenvalue weighted by molar-refractivity contribution is 9.10. The molecule has 4 aromatic rings. The first-order valence-corrected chi connectivity index (χ1v) is 12.2. The van der Waals surface area contributed by atoms with E-state index in [2.05, 4.69) is 26.0 Å². The highest BCUT2D eigenvalue weighted by Crippen LogP contribution is 2.29. The smallest absolute Gasteiger partial charge is 0.282 e. The largest absolute Gasteiger partial charge is 0.490 e. The number of aryl methyl sites for hydroxylation is 1. The number of nitrogens with zero attached hydrogens (tertiary/aromatic N) is 3. The van der Waals surface area contributed by atoms with E-state index in [1.54, 1.807) is 36.5 Å². The monoisotopic (exact) mass is 537 g/mol. The van der Waals surface area contributed by atoms with Crippen LogP contribution in [-0.4, -0.2) is 22.5 Å². The molecule has 0 bridgehead atoms. The molecule has 1 aromatic heterocycles. The molecular weight excluding hydrogens is 513 g/mol. The molecule has 0 radical (unpaired) electrons. The summed E-state index contributed by atoms with van der Waals surface area (Å²) in [5, 5.41) is 4.96. The van der Waals surface area contributed by atoms with Gasteiger partial charge in [0.1, 0.15) is 18.2 Å². The van der Waals surface area contributed by atoms with Gasteiger partial charge < -0.3 is 9.47 Å². The van der Waals surface area contributed by atoms with Gasteiger partial charge in [0.25, 0.3) is 5.56 Å². The Balaban J connectivity index is 1.64. The third-order valence-electron chi connectivity index (χ3n) is 5.22. The molecule has 0 aliphatic carbocycles. The average Bonchev–Trinajstić information content (AvgIpc) is 2.84. The zero-order valence-corrected chi connectivity index (χ0v) is 21.1. The minimum Gasteiger partial charge on any atom is -0.490 e. The Kier molecular flexibility index (Phi) is 7.92. The Morgan fingerprint density at radius 2 is 1.91 bits per heavy atom. The van der Waals surface area contributed by atoms with Gasteiger partial charge in [0.2, 0.25) is 0 Å². The van der Waals surface area contributed by atoms with Crippen molar-refractivity contribution in [1.29, 1.82) is 0 Å². The van der Waals surface area contributed by atoms with E-state index in [0.717, 1.165) is 22.0 Å². The molecule has 0 aliphatic rings. The van der Waals surface area contributed by atoms with Crippen molar-refractivity contribution in [3.8, 4) is 11.5 Å². The van der Waals surface area contributed by atoms with Gasteiger partial charge in [-0.2, -0.15) is 9.78 Å². The van der Waals surface area contributed by atoms with E-state index >= 15 is 0 Å². The molecule has 0 atom stereocenters. The topological polar surface area (TPSA) is 65.7 Å². The second kappa shape index (κ2) is 11.3. The van der Waals surface area contributed by atoms with Gasteiger partial charge in [-0.05, 0) is 73.0 Å². The van der Waals surface area contributed by atoms with E-state index in [1.165, 1.54) is 16.8 Å². The molecule has 4 rings (SSSR count). The van der Waals surface area contributed by atoms with Crippen LogP contribution in [0, 0.1) is 5.82 Å². The fourth-order valence-corrected chi connectivity index (χ4v) is 3.97. The molecular formula is C27H25BrFN3O3. The van der Waals surface area contributed by atoms with Crippen LogP contribution in [0.1, 0.15) is 37.2 Å². The molecule has 0 N–H and O–H groups in total. The number of ether oxygens (including phenoxy) is 2. The van der Waals surface area contributed by atoms with Gasteiger partial charge >= 0.3 is 0 Å². The summed E-state index contributed by atoms with van der Waals surface area (Å²) in [6.45, 7) is 4.56. The van der Waals surface area contributed by atoms with Crippen molar-refractivity contribution in [1.82, 2.24) is 9.66 Å². The molecule has 0 spiro atoms. The minimum atomic E-state index is -0.309. The zero-order chi connectivity index (χ0) is 24.8. The first-order chi connectivity index (χ1) is 17.0. The number of fused-ring (bicyclic) bond motifs is 1. The second-order valence-electron chi connectivity index (χ2n) is 7.86. The van der Waals surface area contributed by atoms with Crippen LogP contribution in [0.25, 0.3) is 10.9 Å². The minimum absolute atomic E-state index is 0.208. The molecule has 8 heteroatoms. The lowest BCUT2D eigenvalue weighted by Crippen LogP contribution is -2.22. The summed E-state index contributed by atoms with van der Waals surface area (Å²) in [6, 6.07) is 17.1. The Morgan fingerprint density at radius 1 is 1.06 bits per heavy atom. The lowest BCUT2D eigenvalue weighted by atomic mass is 10.2. The summed E-state index contributed by atoms with van der Waals surface area (Å²) in [7, 11) is 0. The second-order valence-corrected chi connectivity index (χ2v) is 8.77. The Bertz CT molecular complexity index is 1440. The van der Waals surface area contributed by atoms with Gasteiger partial charge in [-0.25, -0.2) is 9.37 Å². The Morgan fingerprint density at radius 3 is 2.69 bits per heavy atom. The predicted octanol–water partition coefficient (Wildman–Crippen LogP) is 6.11. The van der Waals surface area contributed by atoms with E-state index in [1.807, 2.05) is 32.0 Å². The molecule has 0 aliphatic heterocycles. The third kappa shape index (κ3) is 5.95. The van der Waals surface area contributed by atoms with Crippen molar-refractivity contribution in [3.63, 3.8) is 0 Å². The van der Waals surface area contributed by atoms with Gasteiger partial charge in [0.15, 0.2) is 11.5 Å². The fourth-order valence-electron chi connectivity index (χ4n) is 3.60. The summed E-state index contributed by atoms with van der Waals surface area (Å²) in [5.41, 5.74) is 1.87. The molecule has 1 heterocycles. The summed E-state index contributed by atoms with van der Waals surface area (Å²) in [4.78, 5) is 17.8. The quantitative estimate of drug-likeness (QED) is 0.241. The lowest BCUT2D eigenvalue weighted by Gasteiger charge is -2.13. The highest BCUT2D eigenvalue weighted by Gasteiger charge is 2.11. The summed E-state index contributed by atoms with van der Waals surface area (Å²) in [6.07, 6.45) is 3.05. The van der Waals surface area contributed by atoms with Crippen LogP contribution < -0.4 is 15.0 Å². The number of benzene rings is 3. The van der Waals surface area contributed by atoms with Crippen LogP contribution in [0.2, 0.25) is 0 Å². The molecule has 0 saturated carbocycles. The van der Waals surface area contributed by atoms with Crippen molar-refractivity contribution in [2.24, 2.45) is 5.10 Å². The maximum atomic E-state index is 13.5. The molecule has 3 aromatic carbocycles. The summed E-state index contributed by atoms with van der Waals surface area (Å²) < 4.78 is 27.2. The predicted molar refractivity (Wildman–Crippen MR) is 139 cm³/mol. The van der Waals surface area contributed by atoms with E-state index in [4.69, 9.17) is 9.47 Å². The van der Waals surface area contributed by atoms with Gasteiger partial charge in [0, 0.05) is 10.9 Å². The normalized spacial score (nSPS) is 11.3. The number of halogens is 2. The van der Waals surface area contributed by atoms with Gasteiger partial charge in [-0.3, -0.25) is 4.79 Å². The number of hydrogen-bond donors (Lipinski definition) is 0. The zero-order valence-electron chi connectivity index (χ0n) is 19.5. The van der Waals surface area contributed by atoms with Crippen LogP contribution in [0.5, 0.6) is 11.5 Å².